The molecule has 0 spiro atoms. The number of nitrogens with one attached hydrogen (secondary N) is 1. The van der Waals surface area contributed by atoms with Gasteiger partial charge < -0.3 is 11.1 Å². The summed E-state index contributed by atoms with van der Waals surface area (Å²) < 4.78 is 0. The van der Waals surface area contributed by atoms with E-state index in [-0.39, 0.29) is 11.4 Å². The maximum absolute atomic E-state index is 11.8. The predicted octanol–water partition coefficient (Wildman–Crippen LogP) is 2.25. The molecular weight excluding hydrogens is 224 g/mol. The molecule has 0 radical (unpaired) electrons. The van der Waals surface area contributed by atoms with Crippen molar-refractivity contribution in [2.45, 2.75) is 32.4 Å². The Bertz CT molecular complexity index is 385. The Morgan fingerprint density at radius 1 is 1.44 bits per heavy atom. The Hall–Kier alpha value is -1.06. The SMILES string of the molecule is CC(C)(C)NC(=O)[C@H](N)c1cccc(Cl)c1. The topological polar surface area (TPSA) is 55.1 Å². The number of hydrogen-bond donors (Lipinski definition) is 2. The van der Waals surface area contributed by atoms with Crippen LogP contribution >= 0.6 is 11.6 Å². The zero-order valence-electron chi connectivity index (χ0n) is 9.75. The molecule has 0 fully saturated rings. The highest BCUT2D eigenvalue weighted by molar-refractivity contribution is 6.30. The van der Waals surface area contributed by atoms with E-state index in [1.54, 1.807) is 24.3 Å². The van der Waals surface area contributed by atoms with Crippen LogP contribution in [0.3, 0.4) is 0 Å². The molecule has 4 heteroatoms. The van der Waals surface area contributed by atoms with Gasteiger partial charge in [0, 0.05) is 10.6 Å². The number of carbonyl (C=O) groups is 1. The second-order valence-corrected chi connectivity index (χ2v) is 5.21. The van der Waals surface area contributed by atoms with Crippen molar-refractivity contribution >= 4 is 17.5 Å². The molecule has 1 aromatic carbocycles. The van der Waals surface area contributed by atoms with E-state index in [2.05, 4.69) is 5.32 Å². The van der Waals surface area contributed by atoms with Crippen LogP contribution in [-0.4, -0.2) is 11.4 Å². The monoisotopic (exact) mass is 240 g/mol. The minimum Gasteiger partial charge on any atom is -0.350 e. The molecule has 3 N–H and O–H groups in total. The van der Waals surface area contributed by atoms with Crippen LogP contribution in [0.4, 0.5) is 0 Å². The van der Waals surface area contributed by atoms with Gasteiger partial charge in [-0.05, 0) is 38.5 Å². The highest BCUT2D eigenvalue weighted by Gasteiger charge is 2.20. The highest BCUT2D eigenvalue weighted by Crippen LogP contribution is 2.16. The third kappa shape index (κ3) is 3.83. The Labute approximate surface area is 101 Å². The smallest absolute Gasteiger partial charge is 0.241 e. The van der Waals surface area contributed by atoms with Gasteiger partial charge in [-0.15, -0.1) is 0 Å². The largest absolute Gasteiger partial charge is 0.350 e. The van der Waals surface area contributed by atoms with Crippen molar-refractivity contribution in [1.29, 1.82) is 0 Å². The standard InChI is InChI=1S/C12H17ClN2O/c1-12(2,3)15-11(16)10(14)8-5-4-6-9(13)7-8/h4-7,10H,14H2,1-3H3,(H,15,16)/t10-/m1/s1. The van der Waals surface area contributed by atoms with Crippen LogP contribution in [0.2, 0.25) is 5.02 Å². The zero-order chi connectivity index (χ0) is 12.3. The quantitative estimate of drug-likeness (QED) is 0.833. The summed E-state index contributed by atoms with van der Waals surface area (Å²) in [6.07, 6.45) is 0. The maximum Gasteiger partial charge on any atom is 0.241 e. The summed E-state index contributed by atoms with van der Waals surface area (Å²) in [5.74, 6) is -0.199. The molecule has 1 aromatic rings. The van der Waals surface area contributed by atoms with E-state index < -0.39 is 6.04 Å². The van der Waals surface area contributed by atoms with Gasteiger partial charge in [0.1, 0.15) is 6.04 Å². The van der Waals surface area contributed by atoms with Gasteiger partial charge in [0.15, 0.2) is 0 Å². The second-order valence-electron chi connectivity index (χ2n) is 4.77. The van der Waals surface area contributed by atoms with E-state index >= 15 is 0 Å². The molecular formula is C12H17ClN2O. The van der Waals surface area contributed by atoms with Gasteiger partial charge >= 0.3 is 0 Å². The summed E-state index contributed by atoms with van der Waals surface area (Å²) in [6, 6.07) is 6.34. The summed E-state index contributed by atoms with van der Waals surface area (Å²) in [7, 11) is 0. The minimum atomic E-state index is -0.682. The molecule has 0 aliphatic carbocycles. The molecule has 88 valence electrons. The van der Waals surface area contributed by atoms with Gasteiger partial charge in [-0.3, -0.25) is 4.79 Å². The number of halogens is 1. The number of amides is 1. The first kappa shape index (κ1) is 13.0. The predicted molar refractivity (Wildman–Crippen MR) is 66.3 cm³/mol. The van der Waals surface area contributed by atoms with Gasteiger partial charge in [0.25, 0.3) is 0 Å². The third-order valence-corrected chi connectivity index (χ3v) is 2.22. The molecule has 3 nitrogen and oxygen atoms in total. The average Bonchev–Trinajstić information content (AvgIpc) is 2.14. The fourth-order valence-corrected chi connectivity index (χ4v) is 1.50. The molecule has 1 atom stereocenters. The molecule has 0 aliphatic rings. The van der Waals surface area contributed by atoms with Crippen LogP contribution in [0.25, 0.3) is 0 Å². The number of carbonyl (C=O) groups excluding carboxylic acids is 1. The van der Waals surface area contributed by atoms with E-state index in [9.17, 15) is 4.79 Å². The van der Waals surface area contributed by atoms with Gasteiger partial charge in [-0.25, -0.2) is 0 Å². The van der Waals surface area contributed by atoms with E-state index in [0.717, 1.165) is 0 Å². The number of hydrogen-bond acceptors (Lipinski definition) is 2. The van der Waals surface area contributed by atoms with E-state index in [0.29, 0.717) is 10.6 Å². The molecule has 0 saturated heterocycles. The lowest BCUT2D eigenvalue weighted by Gasteiger charge is -2.23. The Kier molecular flexibility index (Phi) is 3.94. The van der Waals surface area contributed by atoms with Crippen LogP contribution in [0.5, 0.6) is 0 Å². The van der Waals surface area contributed by atoms with Gasteiger partial charge in [-0.2, -0.15) is 0 Å². The molecule has 0 aromatic heterocycles. The summed E-state index contributed by atoms with van der Waals surface area (Å²) in [6.45, 7) is 5.74. The molecule has 0 unspecified atom stereocenters. The molecule has 1 rings (SSSR count). The van der Waals surface area contributed by atoms with Crippen LogP contribution in [0.15, 0.2) is 24.3 Å². The van der Waals surface area contributed by atoms with Crippen molar-refractivity contribution in [2.24, 2.45) is 5.73 Å². The summed E-state index contributed by atoms with van der Waals surface area (Å²) in [4.78, 5) is 11.8. The molecule has 0 heterocycles. The third-order valence-electron chi connectivity index (χ3n) is 1.99. The van der Waals surface area contributed by atoms with Crippen LogP contribution in [0, 0.1) is 0 Å². The maximum atomic E-state index is 11.8. The first-order valence-corrected chi connectivity index (χ1v) is 5.50. The Morgan fingerprint density at radius 3 is 2.56 bits per heavy atom. The number of benzene rings is 1. The molecule has 1 amide bonds. The van der Waals surface area contributed by atoms with Crippen molar-refractivity contribution in [3.8, 4) is 0 Å². The summed E-state index contributed by atoms with van der Waals surface area (Å²) in [5.41, 5.74) is 6.28. The fourth-order valence-electron chi connectivity index (χ4n) is 1.30. The lowest BCUT2D eigenvalue weighted by atomic mass is 10.0. The van der Waals surface area contributed by atoms with Crippen LogP contribution in [0.1, 0.15) is 32.4 Å². The first-order valence-electron chi connectivity index (χ1n) is 5.13. The fraction of sp³-hybridized carbons (Fsp3) is 0.417. The van der Waals surface area contributed by atoms with E-state index in [1.807, 2.05) is 20.8 Å². The van der Waals surface area contributed by atoms with Crippen molar-refractivity contribution in [3.05, 3.63) is 34.9 Å². The van der Waals surface area contributed by atoms with Crippen molar-refractivity contribution in [1.82, 2.24) is 5.32 Å². The highest BCUT2D eigenvalue weighted by atomic mass is 35.5. The molecule has 0 saturated carbocycles. The van der Waals surface area contributed by atoms with Crippen LogP contribution < -0.4 is 11.1 Å². The van der Waals surface area contributed by atoms with Gasteiger partial charge in [0.05, 0.1) is 0 Å². The minimum absolute atomic E-state index is 0.199. The van der Waals surface area contributed by atoms with Crippen LogP contribution in [-0.2, 0) is 4.79 Å². The van der Waals surface area contributed by atoms with E-state index in [1.165, 1.54) is 0 Å². The number of nitrogens with two attached hydrogens (primary N) is 1. The summed E-state index contributed by atoms with van der Waals surface area (Å²) >= 11 is 5.84. The van der Waals surface area contributed by atoms with Gasteiger partial charge in [0.2, 0.25) is 5.91 Å². The Morgan fingerprint density at radius 2 is 2.06 bits per heavy atom. The average molecular weight is 241 g/mol. The molecule has 0 aliphatic heterocycles. The van der Waals surface area contributed by atoms with Crippen molar-refractivity contribution < 1.29 is 4.79 Å². The Balaban J connectivity index is 2.78. The molecule has 0 bridgehead atoms. The summed E-state index contributed by atoms with van der Waals surface area (Å²) in [5, 5.41) is 3.41. The zero-order valence-corrected chi connectivity index (χ0v) is 10.5. The van der Waals surface area contributed by atoms with Gasteiger partial charge in [-0.1, -0.05) is 23.7 Å². The lowest BCUT2D eigenvalue weighted by molar-refractivity contribution is -0.123. The lowest BCUT2D eigenvalue weighted by Crippen LogP contribution is -2.45. The first-order chi connectivity index (χ1) is 7.29. The number of rotatable bonds is 2. The van der Waals surface area contributed by atoms with Crippen molar-refractivity contribution in [2.75, 3.05) is 0 Å². The van der Waals surface area contributed by atoms with Crippen molar-refractivity contribution in [3.63, 3.8) is 0 Å². The van der Waals surface area contributed by atoms with E-state index in [4.69, 9.17) is 17.3 Å². The second kappa shape index (κ2) is 4.85. The molecule has 16 heavy (non-hydrogen) atoms. The normalized spacial score (nSPS) is 13.3.